The second kappa shape index (κ2) is 11.9. The van der Waals surface area contributed by atoms with Gasteiger partial charge >= 0.3 is 0 Å². The van der Waals surface area contributed by atoms with Gasteiger partial charge in [-0.05, 0) is 38.0 Å². The van der Waals surface area contributed by atoms with Gasteiger partial charge in [-0.15, -0.1) is 0 Å². The predicted molar refractivity (Wildman–Crippen MR) is 122 cm³/mol. The van der Waals surface area contributed by atoms with Crippen LogP contribution in [0.15, 0.2) is 29.4 Å². The van der Waals surface area contributed by atoms with E-state index in [9.17, 15) is 4.79 Å². The second-order valence-electron chi connectivity index (χ2n) is 6.55. The van der Waals surface area contributed by atoms with Gasteiger partial charge in [-0.1, -0.05) is 29.4 Å². The molecule has 164 valence electrons. The number of nitrogens with zero attached hydrogens (tertiary/aromatic N) is 4. The maximum Gasteiger partial charge on any atom is 0.233 e. The fraction of sp³-hybridized carbons (Fsp3) is 0.476. The van der Waals surface area contributed by atoms with Crippen LogP contribution < -0.4 is 14.4 Å². The third-order valence-electron chi connectivity index (χ3n) is 4.68. The SMILES string of the molecule is CCN(CC)C(=O)CSc1nc(Cl)cc(N(C)CCc2ccc(OC)c(OC)c2)n1. The lowest BCUT2D eigenvalue weighted by Gasteiger charge is -2.20. The minimum atomic E-state index is 0.0666. The normalized spacial score (nSPS) is 10.6. The number of hydrogen-bond acceptors (Lipinski definition) is 7. The largest absolute Gasteiger partial charge is 0.493 e. The van der Waals surface area contributed by atoms with Gasteiger partial charge in [-0.2, -0.15) is 0 Å². The summed E-state index contributed by atoms with van der Waals surface area (Å²) >= 11 is 7.50. The van der Waals surface area contributed by atoms with Gasteiger partial charge in [0.15, 0.2) is 16.7 Å². The highest BCUT2D eigenvalue weighted by Gasteiger charge is 2.14. The fourth-order valence-corrected chi connectivity index (χ4v) is 3.87. The molecule has 2 aromatic rings. The van der Waals surface area contributed by atoms with Crippen LogP contribution >= 0.6 is 23.4 Å². The van der Waals surface area contributed by atoms with E-state index in [4.69, 9.17) is 21.1 Å². The van der Waals surface area contributed by atoms with E-state index in [2.05, 4.69) is 9.97 Å². The zero-order valence-electron chi connectivity index (χ0n) is 18.1. The van der Waals surface area contributed by atoms with Crippen LogP contribution in [0.1, 0.15) is 19.4 Å². The van der Waals surface area contributed by atoms with Crippen molar-refractivity contribution in [3.8, 4) is 11.5 Å². The summed E-state index contributed by atoms with van der Waals surface area (Å²) in [4.78, 5) is 24.8. The van der Waals surface area contributed by atoms with Crippen molar-refractivity contribution >= 4 is 35.1 Å². The van der Waals surface area contributed by atoms with E-state index < -0.39 is 0 Å². The van der Waals surface area contributed by atoms with Crippen LogP contribution in [-0.4, -0.2) is 67.4 Å². The van der Waals surface area contributed by atoms with Crippen LogP contribution in [0.5, 0.6) is 11.5 Å². The smallest absolute Gasteiger partial charge is 0.233 e. The number of ether oxygens (including phenoxy) is 2. The Hall–Kier alpha value is -2.19. The summed E-state index contributed by atoms with van der Waals surface area (Å²) in [5, 5.41) is 0.853. The molecule has 1 heterocycles. The lowest BCUT2D eigenvalue weighted by molar-refractivity contribution is -0.127. The molecule has 0 unspecified atom stereocenters. The van der Waals surface area contributed by atoms with Crippen molar-refractivity contribution in [2.45, 2.75) is 25.4 Å². The molecule has 9 heteroatoms. The van der Waals surface area contributed by atoms with E-state index in [0.29, 0.717) is 40.7 Å². The van der Waals surface area contributed by atoms with Gasteiger partial charge in [0.2, 0.25) is 5.91 Å². The Morgan fingerprint density at radius 3 is 2.43 bits per heavy atom. The van der Waals surface area contributed by atoms with Crippen molar-refractivity contribution in [1.29, 1.82) is 0 Å². The number of thioether (sulfide) groups is 1. The lowest BCUT2D eigenvalue weighted by atomic mass is 10.1. The molecule has 7 nitrogen and oxygen atoms in total. The number of aromatic nitrogens is 2. The molecule has 0 aliphatic carbocycles. The average Bonchev–Trinajstić information content (AvgIpc) is 2.76. The Morgan fingerprint density at radius 2 is 1.80 bits per heavy atom. The van der Waals surface area contributed by atoms with E-state index in [1.54, 1.807) is 25.2 Å². The van der Waals surface area contributed by atoms with Crippen molar-refractivity contribution in [2.24, 2.45) is 0 Å². The van der Waals surface area contributed by atoms with Gasteiger partial charge in [-0.25, -0.2) is 9.97 Å². The maximum absolute atomic E-state index is 12.2. The van der Waals surface area contributed by atoms with Crippen molar-refractivity contribution < 1.29 is 14.3 Å². The first-order chi connectivity index (χ1) is 14.4. The number of halogens is 1. The highest BCUT2D eigenvalue weighted by molar-refractivity contribution is 7.99. The molecular formula is C21H29ClN4O3S. The van der Waals surface area contributed by atoms with Crippen LogP contribution in [0.2, 0.25) is 5.15 Å². The van der Waals surface area contributed by atoms with Crippen molar-refractivity contribution in [1.82, 2.24) is 14.9 Å². The van der Waals surface area contributed by atoms with Crippen molar-refractivity contribution in [3.63, 3.8) is 0 Å². The summed E-state index contributed by atoms with van der Waals surface area (Å²) < 4.78 is 10.7. The molecule has 0 aliphatic heterocycles. The predicted octanol–water partition coefficient (Wildman–Crippen LogP) is 3.79. The van der Waals surface area contributed by atoms with Crippen LogP contribution in [0.4, 0.5) is 5.82 Å². The summed E-state index contributed by atoms with van der Waals surface area (Å²) in [5.41, 5.74) is 1.12. The number of rotatable bonds is 11. The Bertz CT molecular complexity index is 849. The number of carbonyl (C=O) groups is 1. The first kappa shape index (κ1) is 24.1. The standard InChI is InChI=1S/C21H29ClN4O3S/c1-6-26(7-2)20(27)14-30-21-23-18(22)13-19(24-21)25(3)11-10-15-8-9-16(28-4)17(12-15)29-5/h8-9,12-13H,6-7,10-11,14H2,1-5H3. The zero-order chi connectivity index (χ0) is 22.1. The lowest BCUT2D eigenvalue weighted by Crippen LogP contribution is -2.31. The maximum atomic E-state index is 12.2. The van der Waals surface area contributed by atoms with Crippen LogP contribution in [0, 0.1) is 0 Å². The molecule has 0 fully saturated rings. The molecule has 0 saturated carbocycles. The number of amides is 1. The van der Waals surface area contributed by atoms with Gasteiger partial charge in [0.25, 0.3) is 0 Å². The molecule has 1 aromatic heterocycles. The van der Waals surface area contributed by atoms with E-state index in [-0.39, 0.29) is 11.7 Å². The first-order valence-corrected chi connectivity index (χ1v) is 11.1. The summed E-state index contributed by atoms with van der Waals surface area (Å²) in [5.74, 6) is 2.49. The second-order valence-corrected chi connectivity index (χ2v) is 7.88. The summed E-state index contributed by atoms with van der Waals surface area (Å²) in [7, 11) is 5.20. The molecular weight excluding hydrogens is 424 g/mol. The molecule has 1 aromatic carbocycles. The number of carbonyl (C=O) groups excluding carboxylic acids is 1. The number of anilines is 1. The molecule has 0 aliphatic rings. The van der Waals surface area contributed by atoms with Crippen LogP contribution in [0.25, 0.3) is 0 Å². The molecule has 2 rings (SSSR count). The minimum absolute atomic E-state index is 0.0666. The molecule has 0 N–H and O–H groups in total. The minimum Gasteiger partial charge on any atom is -0.493 e. The van der Waals surface area contributed by atoms with E-state index in [1.165, 1.54) is 11.8 Å². The summed E-state index contributed by atoms with van der Waals surface area (Å²) in [6.07, 6.45) is 0.793. The van der Waals surface area contributed by atoms with E-state index >= 15 is 0 Å². The summed E-state index contributed by atoms with van der Waals surface area (Å²) in [6.45, 7) is 6.04. The van der Waals surface area contributed by atoms with Crippen molar-refractivity contribution in [2.75, 3.05) is 51.6 Å². The molecule has 0 radical (unpaired) electrons. The monoisotopic (exact) mass is 452 g/mol. The highest BCUT2D eigenvalue weighted by Crippen LogP contribution is 2.28. The Kier molecular flexibility index (Phi) is 9.52. The third kappa shape index (κ3) is 6.67. The number of likely N-dealkylation sites (N-methyl/N-ethyl adjacent to an activating group) is 1. The van der Waals surface area contributed by atoms with E-state index in [1.807, 2.05) is 44.0 Å². The molecule has 1 amide bonds. The van der Waals surface area contributed by atoms with Gasteiger partial charge < -0.3 is 19.3 Å². The molecule has 30 heavy (non-hydrogen) atoms. The first-order valence-electron chi connectivity index (χ1n) is 9.78. The van der Waals surface area contributed by atoms with Crippen LogP contribution in [0.3, 0.4) is 0 Å². The number of methoxy groups -OCH3 is 2. The zero-order valence-corrected chi connectivity index (χ0v) is 19.7. The third-order valence-corrected chi connectivity index (χ3v) is 5.70. The number of hydrogen-bond donors (Lipinski definition) is 0. The quantitative estimate of drug-likeness (QED) is 0.292. The Balaban J connectivity index is 2.02. The van der Waals surface area contributed by atoms with Crippen LogP contribution in [-0.2, 0) is 11.2 Å². The fourth-order valence-electron chi connectivity index (χ4n) is 2.89. The molecule has 0 saturated heterocycles. The number of benzene rings is 1. The molecule has 0 bridgehead atoms. The molecule has 0 spiro atoms. The van der Waals surface area contributed by atoms with Gasteiger partial charge in [0, 0.05) is 32.7 Å². The molecule has 0 atom stereocenters. The Morgan fingerprint density at radius 1 is 1.10 bits per heavy atom. The summed E-state index contributed by atoms with van der Waals surface area (Å²) in [6, 6.07) is 7.62. The average molecular weight is 453 g/mol. The Labute approximate surface area is 187 Å². The topological polar surface area (TPSA) is 67.8 Å². The van der Waals surface area contributed by atoms with Crippen molar-refractivity contribution in [3.05, 3.63) is 35.0 Å². The van der Waals surface area contributed by atoms with Gasteiger partial charge in [0.1, 0.15) is 11.0 Å². The van der Waals surface area contributed by atoms with E-state index in [0.717, 1.165) is 18.5 Å². The van der Waals surface area contributed by atoms with Gasteiger partial charge in [-0.3, -0.25) is 4.79 Å². The van der Waals surface area contributed by atoms with Gasteiger partial charge in [0.05, 0.1) is 20.0 Å². The highest BCUT2D eigenvalue weighted by atomic mass is 35.5.